The number of hydrogen-bond acceptors (Lipinski definition) is 9. The topological polar surface area (TPSA) is 126 Å². The van der Waals surface area contributed by atoms with Crippen molar-refractivity contribution < 1.29 is 42.9 Å². The lowest BCUT2D eigenvalue weighted by Crippen LogP contribution is -2.66. The van der Waals surface area contributed by atoms with Crippen molar-refractivity contribution in [1.29, 1.82) is 0 Å². The van der Waals surface area contributed by atoms with E-state index in [-0.39, 0.29) is 6.61 Å². The summed E-state index contributed by atoms with van der Waals surface area (Å²) in [6, 6.07) is -0.932. The van der Waals surface area contributed by atoms with Crippen LogP contribution in [0.3, 0.4) is 0 Å². The van der Waals surface area contributed by atoms with Crippen LogP contribution in [0.4, 0.5) is 0 Å². The van der Waals surface area contributed by atoms with Crippen molar-refractivity contribution in [3.05, 3.63) is 12.7 Å². The molecule has 0 aromatic carbocycles. The van der Waals surface area contributed by atoms with Gasteiger partial charge < -0.3 is 29.0 Å². The Morgan fingerprint density at radius 2 is 1.44 bits per heavy atom. The van der Waals surface area contributed by atoms with Crippen LogP contribution in [0.5, 0.6) is 0 Å². The van der Waals surface area contributed by atoms with Crippen molar-refractivity contribution in [3.8, 4) is 0 Å². The molecule has 1 N–H and O–H groups in total. The summed E-state index contributed by atoms with van der Waals surface area (Å²) in [4.78, 5) is 46.8. The highest BCUT2D eigenvalue weighted by molar-refractivity contribution is 5.73. The van der Waals surface area contributed by atoms with Gasteiger partial charge in [-0.25, -0.2) is 0 Å². The van der Waals surface area contributed by atoms with E-state index in [0.717, 1.165) is 44.9 Å². The Kier molecular flexibility index (Phi) is 14.1. The smallest absolute Gasteiger partial charge is 0.303 e. The molecular formula is C24H39NO9. The first kappa shape index (κ1) is 29.6. The van der Waals surface area contributed by atoms with Crippen LogP contribution < -0.4 is 5.32 Å². The summed E-state index contributed by atoms with van der Waals surface area (Å²) in [5, 5.41) is 2.68. The van der Waals surface area contributed by atoms with Crippen LogP contribution in [0.1, 0.15) is 72.6 Å². The highest BCUT2D eigenvalue weighted by Gasteiger charge is 2.51. The van der Waals surface area contributed by atoms with E-state index >= 15 is 0 Å². The van der Waals surface area contributed by atoms with Gasteiger partial charge in [-0.2, -0.15) is 0 Å². The van der Waals surface area contributed by atoms with Gasteiger partial charge in [0, 0.05) is 34.3 Å². The molecule has 34 heavy (non-hydrogen) atoms. The fourth-order valence-corrected chi connectivity index (χ4v) is 3.73. The third-order valence-electron chi connectivity index (χ3n) is 5.16. The number of unbranched alkanes of at least 4 members (excludes halogenated alkanes) is 6. The van der Waals surface area contributed by atoms with Crippen molar-refractivity contribution in [2.45, 2.75) is 103 Å². The zero-order valence-electron chi connectivity index (χ0n) is 20.7. The Morgan fingerprint density at radius 1 is 0.853 bits per heavy atom. The quantitative estimate of drug-likeness (QED) is 0.161. The Hall–Kier alpha value is -2.46. The third-order valence-corrected chi connectivity index (χ3v) is 5.16. The second-order valence-electron chi connectivity index (χ2n) is 8.29. The Bertz CT molecular complexity index is 681. The van der Waals surface area contributed by atoms with E-state index in [1.54, 1.807) is 0 Å². The molecule has 0 aliphatic carbocycles. The van der Waals surface area contributed by atoms with Crippen LogP contribution in [0.15, 0.2) is 12.7 Å². The van der Waals surface area contributed by atoms with Crippen LogP contribution in [0, 0.1) is 0 Å². The van der Waals surface area contributed by atoms with Gasteiger partial charge in [-0.3, -0.25) is 19.2 Å². The summed E-state index contributed by atoms with van der Waals surface area (Å²) >= 11 is 0. The molecule has 1 heterocycles. The van der Waals surface area contributed by atoms with Crippen LogP contribution in [0.25, 0.3) is 0 Å². The predicted octanol–water partition coefficient (Wildman–Crippen LogP) is 2.58. The minimum atomic E-state index is -1.12. The average molecular weight is 486 g/mol. The zero-order valence-corrected chi connectivity index (χ0v) is 20.7. The predicted molar refractivity (Wildman–Crippen MR) is 122 cm³/mol. The second kappa shape index (κ2) is 16.2. The van der Waals surface area contributed by atoms with Crippen molar-refractivity contribution in [2.75, 3.05) is 13.2 Å². The summed E-state index contributed by atoms with van der Waals surface area (Å²) in [6.07, 6.45) is 4.99. The molecule has 1 aliphatic rings. The van der Waals surface area contributed by atoms with Crippen molar-refractivity contribution >= 4 is 23.8 Å². The van der Waals surface area contributed by atoms with Crippen molar-refractivity contribution in [2.24, 2.45) is 0 Å². The molecule has 1 aliphatic heterocycles. The first-order valence-electron chi connectivity index (χ1n) is 11.8. The third kappa shape index (κ3) is 11.6. The number of ether oxygens (including phenoxy) is 5. The lowest BCUT2D eigenvalue weighted by atomic mass is 9.96. The molecule has 0 unspecified atom stereocenters. The van der Waals surface area contributed by atoms with Gasteiger partial charge in [0.25, 0.3) is 0 Å². The summed E-state index contributed by atoms with van der Waals surface area (Å²) in [7, 11) is 0. The maximum Gasteiger partial charge on any atom is 0.303 e. The van der Waals surface area contributed by atoms with Crippen LogP contribution in [-0.4, -0.2) is 67.7 Å². The molecule has 0 bridgehead atoms. The minimum Gasteiger partial charge on any atom is -0.463 e. The molecule has 0 saturated carbocycles. The van der Waals surface area contributed by atoms with E-state index in [1.165, 1.54) is 27.7 Å². The highest BCUT2D eigenvalue weighted by Crippen LogP contribution is 2.28. The number of esters is 3. The lowest BCUT2D eigenvalue weighted by Gasteiger charge is -2.44. The SMILES string of the molecule is C=CCCCCCCCCO[C@@H]1O[C@H](COC(C)=O)[C@H](OC(C)=O)[C@H](OC(C)=O)[C@H]1NC(C)=O. The number of amides is 1. The first-order valence-corrected chi connectivity index (χ1v) is 11.8. The van der Waals surface area contributed by atoms with Gasteiger partial charge in [0.15, 0.2) is 18.5 Å². The summed E-state index contributed by atoms with van der Waals surface area (Å²) in [6.45, 7) is 8.76. The molecule has 1 fully saturated rings. The van der Waals surface area contributed by atoms with Crippen LogP contribution in [-0.2, 0) is 42.9 Å². The Morgan fingerprint density at radius 3 is 2.00 bits per heavy atom. The number of allylic oxidation sites excluding steroid dienone is 1. The molecule has 0 radical (unpaired) electrons. The molecule has 0 aromatic rings. The molecule has 10 heteroatoms. The summed E-state index contributed by atoms with van der Waals surface area (Å²) in [5.41, 5.74) is 0. The maximum absolute atomic E-state index is 11.9. The first-order chi connectivity index (χ1) is 16.1. The molecular weight excluding hydrogens is 446 g/mol. The molecule has 194 valence electrons. The van der Waals surface area contributed by atoms with Gasteiger partial charge in [-0.05, 0) is 19.3 Å². The van der Waals surface area contributed by atoms with E-state index < -0.39 is 54.5 Å². The number of carbonyl (C=O) groups is 4. The second-order valence-corrected chi connectivity index (χ2v) is 8.29. The summed E-state index contributed by atoms with van der Waals surface area (Å²) < 4.78 is 27.7. The van der Waals surface area contributed by atoms with E-state index in [1.807, 2.05) is 6.08 Å². The summed E-state index contributed by atoms with van der Waals surface area (Å²) in [5.74, 6) is -2.24. The zero-order chi connectivity index (χ0) is 25.5. The fourth-order valence-electron chi connectivity index (χ4n) is 3.73. The molecule has 10 nitrogen and oxygen atoms in total. The van der Waals surface area contributed by atoms with Gasteiger partial charge in [0.2, 0.25) is 5.91 Å². The van der Waals surface area contributed by atoms with Crippen LogP contribution in [0.2, 0.25) is 0 Å². The van der Waals surface area contributed by atoms with Crippen molar-refractivity contribution in [1.82, 2.24) is 5.32 Å². The standard InChI is InChI=1S/C24H39NO9/c1-6-7-8-9-10-11-12-13-14-30-24-21(25-16(2)26)23(33-19(5)29)22(32-18(4)28)20(34-24)15-31-17(3)27/h6,20-24H,1,7-15H2,2-5H3,(H,25,26)/t20-,21-,22+,23-,24-/m1/s1. The minimum absolute atomic E-state index is 0.248. The number of carbonyl (C=O) groups excluding carboxylic acids is 4. The molecule has 1 rings (SSSR count). The molecule has 5 atom stereocenters. The van der Waals surface area contributed by atoms with Crippen molar-refractivity contribution in [3.63, 3.8) is 0 Å². The van der Waals surface area contributed by atoms with Gasteiger partial charge in [-0.1, -0.05) is 31.8 Å². The Labute approximate surface area is 201 Å². The van der Waals surface area contributed by atoms with E-state index in [0.29, 0.717) is 6.61 Å². The fraction of sp³-hybridized carbons (Fsp3) is 0.750. The highest BCUT2D eigenvalue weighted by atomic mass is 16.7. The Balaban J connectivity index is 2.90. The van der Waals surface area contributed by atoms with Gasteiger partial charge in [0.1, 0.15) is 18.8 Å². The normalized spacial score (nSPS) is 24.1. The molecule has 1 amide bonds. The molecule has 1 saturated heterocycles. The molecule has 0 aromatic heterocycles. The monoisotopic (exact) mass is 485 g/mol. The molecule has 0 spiro atoms. The number of hydrogen-bond donors (Lipinski definition) is 1. The number of nitrogens with one attached hydrogen (secondary N) is 1. The lowest BCUT2D eigenvalue weighted by molar-refractivity contribution is -0.277. The van der Waals surface area contributed by atoms with Gasteiger partial charge >= 0.3 is 17.9 Å². The van der Waals surface area contributed by atoms with Gasteiger partial charge in [0.05, 0.1) is 0 Å². The maximum atomic E-state index is 11.9. The van der Waals surface area contributed by atoms with Crippen LogP contribution >= 0.6 is 0 Å². The van der Waals surface area contributed by atoms with E-state index in [9.17, 15) is 19.2 Å². The number of rotatable bonds is 15. The van der Waals surface area contributed by atoms with E-state index in [4.69, 9.17) is 23.7 Å². The average Bonchev–Trinajstić information content (AvgIpc) is 2.74. The van der Waals surface area contributed by atoms with Gasteiger partial charge in [-0.15, -0.1) is 6.58 Å². The van der Waals surface area contributed by atoms with E-state index in [2.05, 4.69) is 11.9 Å². The largest absolute Gasteiger partial charge is 0.463 e.